The summed E-state index contributed by atoms with van der Waals surface area (Å²) in [4.78, 5) is 15.7. The highest BCUT2D eigenvalue weighted by Gasteiger charge is 2.49. The van der Waals surface area contributed by atoms with Crippen LogP contribution in [0, 0.1) is 30.6 Å². The van der Waals surface area contributed by atoms with Crippen LogP contribution < -0.4 is 0 Å². The van der Waals surface area contributed by atoms with Gasteiger partial charge in [0.2, 0.25) is 0 Å². The van der Waals surface area contributed by atoms with Crippen LogP contribution in [0.3, 0.4) is 0 Å². The van der Waals surface area contributed by atoms with Crippen molar-refractivity contribution < 1.29 is 9.90 Å². The molecule has 4 saturated carbocycles. The second kappa shape index (κ2) is 3.84. The summed E-state index contributed by atoms with van der Waals surface area (Å²) in [5.41, 5.74) is 1.07. The third-order valence-corrected chi connectivity index (χ3v) is 5.68. The van der Waals surface area contributed by atoms with Gasteiger partial charge in [0.1, 0.15) is 5.69 Å². The van der Waals surface area contributed by atoms with Crippen molar-refractivity contribution in [3.05, 3.63) is 17.7 Å². The standard InChI is InChI=1S/C15H20N2O2/c1-8-13(15(18)19)17(7-16-8)14-11-3-9-2-10(5-11)6-12(14)4-9/h7,9-12,14H,2-6H2,1H3,(H,18,19). The monoisotopic (exact) mass is 260 g/mol. The quantitative estimate of drug-likeness (QED) is 0.889. The lowest BCUT2D eigenvalue weighted by atomic mass is 9.54. The Morgan fingerprint density at radius 2 is 1.79 bits per heavy atom. The summed E-state index contributed by atoms with van der Waals surface area (Å²) in [5, 5.41) is 9.43. The molecule has 0 radical (unpaired) electrons. The zero-order chi connectivity index (χ0) is 13.1. The molecule has 0 amide bonds. The number of aromatic nitrogens is 2. The van der Waals surface area contributed by atoms with E-state index in [2.05, 4.69) is 4.98 Å². The van der Waals surface area contributed by atoms with Crippen LogP contribution >= 0.6 is 0 Å². The first kappa shape index (κ1) is 11.5. The molecule has 0 saturated heterocycles. The van der Waals surface area contributed by atoms with Crippen molar-refractivity contribution >= 4 is 5.97 Å². The number of nitrogens with zero attached hydrogens (tertiary/aromatic N) is 2. The minimum Gasteiger partial charge on any atom is -0.477 e. The van der Waals surface area contributed by atoms with Gasteiger partial charge in [-0.1, -0.05) is 0 Å². The largest absolute Gasteiger partial charge is 0.477 e. The summed E-state index contributed by atoms with van der Waals surface area (Å²) < 4.78 is 1.99. The van der Waals surface area contributed by atoms with E-state index in [1.54, 1.807) is 13.3 Å². The van der Waals surface area contributed by atoms with E-state index in [1.807, 2.05) is 4.57 Å². The van der Waals surface area contributed by atoms with Gasteiger partial charge >= 0.3 is 5.97 Å². The average molecular weight is 260 g/mol. The van der Waals surface area contributed by atoms with E-state index in [4.69, 9.17) is 0 Å². The number of aromatic carboxylic acids is 1. The van der Waals surface area contributed by atoms with E-state index in [0.717, 1.165) is 11.8 Å². The summed E-state index contributed by atoms with van der Waals surface area (Å²) in [6, 6.07) is 0.389. The van der Waals surface area contributed by atoms with Crippen molar-refractivity contribution in [2.45, 2.75) is 45.1 Å². The fourth-order valence-electron chi connectivity index (χ4n) is 5.30. The summed E-state index contributed by atoms with van der Waals surface area (Å²) in [5.74, 6) is 2.36. The molecular formula is C15H20N2O2. The SMILES string of the molecule is Cc1ncn(C2C3CC4CC(C3)CC2C4)c1C(=O)O. The van der Waals surface area contributed by atoms with E-state index in [-0.39, 0.29) is 0 Å². The molecule has 4 nitrogen and oxygen atoms in total. The van der Waals surface area contributed by atoms with Crippen LogP contribution in [0.25, 0.3) is 0 Å². The number of carboxylic acid groups (broad SMARTS) is 1. The highest BCUT2D eigenvalue weighted by molar-refractivity contribution is 5.87. The first-order valence-corrected chi connectivity index (χ1v) is 7.40. The van der Waals surface area contributed by atoms with Crippen LogP contribution in [0.5, 0.6) is 0 Å². The van der Waals surface area contributed by atoms with E-state index in [1.165, 1.54) is 32.1 Å². The molecule has 0 aromatic carbocycles. The van der Waals surface area contributed by atoms with Crippen LogP contribution in [0.1, 0.15) is 54.3 Å². The van der Waals surface area contributed by atoms with Crippen molar-refractivity contribution in [1.82, 2.24) is 9.55 Å². The maximum atomic E-state index is 11.5. The first-order valence-electron chi connectivity index (χ1n) is 7.40. The predicted molar refractivity (Wildman–Crippen MR) is 70.0 cm³/mol. The Kier molecular flexibility index (Phi) is 2.32. The van der Waals surface area contributed by atoms with Crippen LogP contribution in [0.2, 0.25) is 0 Å². The molecule has 1 aromatic heterocycles. The van der Waals surface area contributed by atoms with Crippen molar-refractivity contribution in [3.8, 4) is 0 Å². The molecule has 0 atom stereocenters. The highest BCUT2D eigenvalue weighted by atomic mass is 16.4. The molecule has 5 rings (SSSR count). The molecule has 4 fully saturated rings. The molecule has 102 valence electrons. The van der Waals surface area contributed by atoms with Gasteiger partial charge in [-0.15, -0.1) is 0 Å². The lowest BCUT2D eigenvalue weighted by molar-refractivity contribution is -0.0301. The van der Waals surface area contributed by atoms with E-state index >= 15 is 0 Å². The zero-order valence-corrected chi connectivity index (χ0v) is 11.2. The van der Waals surface area contributed by atoms with Crippen LogP contribution in [0.4, 0.5) is 0 Å². The van der Waals surface area contributed by atoms with Crippen molar-refractivity contribution in [3.63, 3.8) is 0 Å². The molecular weight excluding hydrogens is 240 g/mol. The van der Waals surface area contributed by atoms with E-state index < -0.39 is 5.97 Å². The topological polar surface area (TPSA) is 55.1 Å². The second-order valence-electron chi connectivity index (χ2n) is 6.81. The molecule has 0 aliphatic heterocycles. The maximum Gasteiger partial charge on any atom is 0.354 e. The number of aryl methyl sites for hydroxylation is 1. The minimum absolute atomic E-state index is 0.389. The van der Waals surface area contributed by atoms with Gasteiger partial charge in [0.25, 0.3) is 0 Å². The number of carboxylic acids is 1. The fraction of sp³-hybridized carbons (Fsp3) is 0.733. The van der Waals surface area contributed by atoms with Crippen LogP contribution in [-0.2, 0) is 0 Å². The minimum atomic E-state index is -0.830. The molecule has 1 N–H and O–H groups in total. The summed E-state index contributed by atoms with van der Waals surface area (Å²) in [6.45, 7) is 1.80. The Balaban J connectivity index is 1.75. The molecule has 1 heterocycles. The van der Waals surface area contributed by atoms with Crippen LogP contribution in [-0.4, -0.2) is 20.6 Å². The number of carbonyl (C=O) groups is 1. The van der Waals surface area contributed by atoms with Gasteiger partial charge in [0.15, 0.2) is 0 Å². The number of rotatable bonds is 2. The Morgan fingerprint density at radius 1 is 1.21 bits per heavy atom. The van der Waals surface area contributed by atoms with Gasteiger partial charge in [-0.25, -0.2) is 9.78 Å². The number of imidazole rings is 1. The van der Waals surface area contributed by atoms with Gasteiger partial charge in [0, 0.05) is 6.04 Å². The van der Waals surface area contributed by atoms with Gasteiger partial charge in [-0.3, -0.25) is 0 Å². The molecule has 0 spiro atoms. The van der Waals surface area contributed by atoms with Gasteiger partial charge in [-0.05, 0) is 62.7 Å². The Morgan fingerprint density at radius 3 is 2.32 bits per heavy atom. The second-order valence-corrected chi connectivity index (χ2v) is 6.81. The van der Waals surface area contributed by atoms with Crippen molar-refractivity contribution in [2.24, 2.45) is 23.7 Å². The lowest BCUT2D eigenvalue weighted by Crippen LogP contribution is -2.46. The normalized spacial score (nSPS) is 39.7. The third-order valence-electron chi connectivity index (χ3n) is 5.68. The van der Waals surface area contributed by atoms with Gasteiger partial charge in [0.05, 0.1) is 12.0 Å². The molecule has 0 unspecified atom stereocenters. The first-order chi connectivity index (χ1) is 9.13. The molecule has 4 aliphatic rings. The molecule has 4 bridgehead atoms. The summed E-state index contributed by atoms with van der Waals surface area (Å²) in [6.07, 6.45) is 8.39. The molecule has 4 aliphatic carbocycles. The highest BCUT2D eigenvalue weighted by Crippen LogP contribution is 2.58. The van der Waals surface area contributed by atoms with Crippen LogP contribution in [0.15, 0.2) is 6.33 Å². The number of hydrogen-bond donors (Lipinski definition) is 1. The van der Waals surface area contributed by atoms with E-state index in [9.17, 15) is 9.90 Å². The summed E-state index contributed by atoms with van der Waals surface area (Å²) >= 11 is 0. The predicted octanol–water partition coefficient (Wildman–Crippen LogP) is 2.89. The van der Waals surface area contributed by atoms with E-state index in [0.29, 0.717) is 29.3 Å². The molecule has 19 heavy (non-hydrogen) atoms. The van der Waals surface area contributed by atoms with Gasteiger partial charge < -0.3 is 9.67 Å². The Labute approximate surface area is 112 Å². The fourth-order valence-corrected chi connectivity index (χ4v) is 5.30. The third kappa shape index (κ3) is 1.58. The van der Waals surface area contributed by atoms with Crippen molar-refractivity contribution in [2.75, 3.05) is 0 Å². The van der Waals surface area contributed by atoms with Crippen molar-refractivity contribution in [1.29, 1.82) is 0 Å². The Hall–Kier alpha value is -1.32. The molecule has 1 aromatic rings. The zero-order valence-electron chi connectivity index (χ0n) is 11.2. The number of hydrogen-bond acceptors (Lipinski definition) is 2. The summed E-state index contributed by atoms with van der Waals surface area (Å²) in [7, 11) is 0. The maximum absolute atomic E-state index is 11.5. The molecule has 4 heteroatoms. The Bertz CT molecular complexity index is 506. The average Bonchev–Trinajstić information content (AvgIpc) is 2.69. The lowest BCUT2D eigenvalue weighted by Gasteiger charge is -2.54. The van der Waals surface area contributed by atoms with Gasteiger partial charge in [-0.2, -0.15) is 0 Å². The smallest absolute Gasteiger partial charge is 0.354 e.